The van der Waals surface area contributed by atoms with Crippen molar-refractivity contribution >= 4 is 5.91 Å². The van der Waals surface area contributed by atoms with Crippen molar-refractivity contribution in [1.82, 2.24) is 9.47 Å². The van der Waals surface area contributed by atoms with E-state index in [1.165, 1.54) is 32.1 Å². The molecule has 1 aliphatic rings. The first-order valence-electron chi connectivity index (χ1n) is 9.18. The summed E-state index contributed by atoms with van der Waals surface area (Å²) in [5.74, 6) is 1.05. The van der Waals surface area contributed by atoms with E-state index < -0.39 is 0 Å². The van der Waals surface area contributed by atoms with Crippen molar-refractivity contribution in [3.05, 3.63) is 54.4 Å². The number of hydrogen-bond donors (Lipinski definition) is 0. The lowest BCUT2D eigenvalue weighted by Gasteiger charge is -2.24. The maximum atomic E-state index is 12.4. The van der Waals surface area contributed by atoms with Crippen LogP contribution in [0, 0.1) is 5.92 Å². The van der Waals surface area contributed by atoms with Gasteiger partial charge in [0.15, 0.2) is 0 Å². The lowest BCUT2D eigenvalue weighted by Crippen LogP contribution is -2.30. The van der Waals surface area contributed by atoms with Crippen molar-refractivity contribution in [1.29, 1.82) is 0 Å². The molecule has 0 N–H and O–H groups in total. The van der Waals surface area contributed by atoms with Gasteiger partial charge in [0.25, 0.3) is 0 Å². The zero-order valence-corrected chi connectivity index (χ0v) is 14.7. The van der Waals surface area contributed by atoms with Gasteiger partial charge < -0.3 is 9.47 Å². The molecule has 1 aromatic heterocycles. The number of nitrogens with zero attached hydrogens (tertiary/aromatic N) is 2. The van der Waals surface area contributed by atoms with Gasteiger partial charge in [0.2, 0.25) is 5.91 Å². The second kappa shape index (κ2) is 8.18. The molecule has 1 heterocycles. The molecule has 0 unspecified atom stereocenters. The molecule has 0 aliphatic heterocycles. The first-order valence-corrected chi connectivity index (χ1v) is 9.18. The lowest BCUT2D eigenvalue weighted by atomic mass is 9.87. The number of rotatable bonds is 6. The average Bonchev–Trinajstić information content (AvgIpc) is 3.16. The fraction of sp³-hybridized carbons (Fsp3) is 0.476. The third-order valence-corrected chi connectivity index (χ3v) is 5.22. The van der Waals surface area contributed by atoms with Crippen molar-refractivity contribution in [2.75, 3.05) is 13.6 Å². The number of carbonyl (C=O) groups excluding carboxylic acids is 1. The fourth-order valence-corrected chi connectivity index (χ4v) is 3.58. The second-order valence-electron chi connectivity index (χ2n) is 7.04. The predicted octanol–water partition coefficient (Wildman–Crippen LogP) is 4.45. The molecule has 3 heteroatoms. The third kappa shape index (κ3) is 4.50. The molecule has 2 aromatic rings. The number of hydrogen-bond acceptors (Lipinski definition) is 1. The number of amides is 1. The van der Waals surface area contributed by atoms with Crippen molar-refractivity contribution in [3.63, 3.8) is 0 Å². The Balaban J connectivity index is 1.48. The van der Waals surface area contributed by atoms with Crippen LogP contribution in [-0.4, -0.2) is 29.0 Å². The SMILES string of the molecule is CN(CCC1CCCCC1)C(=O)Cc1ccc(-n2cccc2)cc1. The van der Waals surface area contributed by atoms with E-state index in [0.717, 1.165) is 30.1 Å². The van der Waals surface area contributed by atoms with Crippen molar-refractivity contribution in [2.45, 2.75) is 44.9 Å². The van der Waals surface area contributed by atoms with Crippen molar-refractivity contribution in [3.8, 4) is 5.69 Å². The van der Waals surface area contributed by atoms with E-state index in [4.69, 9.17) is 0 Å². The molecule has 1 aliphatic carbocycles. The highest BCUT2D eigenvalue weighted by Gasteiger charge is 2.16. The van der Waals surface area contributed by atoms with Crippen molar-refractivity contribution < 1.29 is 4.79 Å². The normalized spacial score (nSPS) is 15.4. The van der Waals surface area contributed by atoms with Gasteiger partial charge in [-0.05, 0) is 42.2 Å². The minimum absolute atomic E-state index is 0.222. The van der Waals surface area contributed by atoms with Crippen LogP contribution >= 0.6 is 0 Å². The van der Waals surface area contributed by atoms with E-state index in [2.05, 4.69) is 28.8 Å². The van der Waals surface area contributed by atoms with E-state index >= 15 is 0 Å². The van der Waals surface area contributed by atoms with E-state index in [0.29, 0.717) is 6.42 Å². The molecule has 0 bridgehead atoms. The zero-order chi connectivity index (χ0) is 16.8. The molecular formula is C21H28N2O. The first kappa shape index (κ1) is 16.8. The molecule has 128 valence electrons. The molecule has 1 saturated carbocycles. The smallest absolute Gasteiger partial charge is 0.226 e. The standard InChI is InChI=1S/C21H28N2O/c1-22(16-13-18-7-3-2-4-8-18)21(24)17-19-9-11-20(12-10-19)23-14-5-6-15-23/h5-6,9-12,14-15,18H,2-4,7-8,13,16-17H2,1H3. The van der Waals surface area contributed by atoms with Gasteiger partial charge >= 0.3 is 0 Å². The molecule has 0 atom stereocenters. The Kier molecular flexibility index (Phi) is 5.73. The van der Waals surface area contributed by atoms with Crippen LogP contribution in [-0.2, 0) is 11.2 Å². The third-order valence-electron chi connectivity index (χ3n) is 5.22. The summed E-state index contributed by atoms with van der Waals surface area (Å²) in [7, 11) is 1.94. The van der Waals surface area contributed by atoms with Gasteiger partial charge in [-0.2, -0.15) is 0 Å². The zero-order valence-electron chi connectivity index (χ0n) is 14.7. The van der Waals surface area contributed by atoms with E-state index in [1.54, 1.807) is 0 Å². The summed E-state index contributed by atoms with van der Waals surface area (Å²) >= 11 is 0. The summed E-state index contributed by atoms with van der Waals surface area (Å²) in [5, 5.41) is 0. The summed E-state index contributed by atoms with van der Waals surface area (Å²) in [6.45, 7) is 0.894. The van der Waals surface area contributed by atoms with Gasteiger partial charge in [0.1, 0.15) is 0 Å². The van der Waals surface area contributed by atoms with Crippen LogP contribution in [0.3, 0.4) is 0 Å². The molecule has 3 rings (SSSR count). The highest BCUT2D eigenvalue weighted by Crippen LogP contribution is 2.26. The minimum Gasteiger partial charge on any atom is -0.345 e. The Hall–Kier alpha value is -2.03. The molecule has 0 saturated heterocycles. The minimum atomic E-state index is 0.222. The van der Waals surface area contributed by atoms with E-state index in [9.17, 15) is 4.79 Å². The maximum absolute atomic E-state index is 12.4. The Bertz CT molecular complexity index is 624. The lowest BCUT2D eigenvalue weighted by molar-refractivity contribution is -0.129. The summed E-state index contributed by atoms with van der Waals surface area (Å²) < 4.78 is 2.07. The molecule has 1 aromatic carbocycles. The Morgan fingerprint density at radius 3 is 2.42 bits per heavy atom. The second-order valence-corrected chi connectivity index (χ2v) is 7.04. The number of benzene rings is 1. The van der Waals surface area contributed by atoms with Gasteiger partial charge in [0, 0.05) is 31.7 Å². The molecule has 3 nitrogen and oxygen atoms in total. The number of carbonyl (C=O) groups is 1. The maximum Gasteiger partial charge on any atom is 0.226 e. The Morgan fingerprint density at radius 2 is 1.75 bits per heavy atom. The monoisotopic (exact) mass is 324 g/mol. The van der Waals surface area contributed by atoms with E-state index in [1.807, 2.05) is 36.5 Å². The fourth-order valence-electron chi connectivity index (χ4n) is 3.58. The number of aromatic nitrogens is 1. The Labute approximate surface area is 145 Å². The van der Waals surface area contributed by atoms with Crippen LogP contribution in [0.25, 0.3) is 5.69 Å². The highest BCUT2D eigenvalue weighted by atomic mass is 16.2. The van der Waals surface area contributed by atoms with Crippen LogP contribution in [0.1, 0.15) is 44.1 Å². The van der Waals surface area contributed by atoms with Crippen LogP contribution in [0.5, 0.6) is 0 Å². The highest BCUT2D eigenvalue weighted by molar-refractivity contribution is 5.78. The average molecular weight is 324 g/mol. The van der Waals surface area contributed by atoms with Crippen LogP contribution in [0.4, 0.5) is 0 Å². The van der Waals surface area contributed by atoms with Gasteiger partial charge in [-0.3, -0.25) is 4.79 Å². The van der Waals surface area contributed by atoms with Gasteiger partial charge in [-0.15, -0.1) is 0 Å². The first-order chi connectivity index (χ1) is 11.7. The predicted molar refractivity (Wildman–Crippen MR) is 98.3 cm³/mol. The van der Waals surface area contributed by atoms with Crippen LogP contribution in [0.2, 0.25) is 0 Å². The van der Waals surface area contributed by atoms with Gasteiger partial charge in [0.05, 0.1) is 6.42 Å². The van der Waals surface area contributed by atoms with Crippen LogP contribution < -0.4 is 0 Å². The van der Waals surface area contributed by atoms with Gasteiger partial charge in [-0.25, -0.2) is 0 Å². The molecule has 24 heavy (non-hydrogen) atoms. The number of likely N-dealkylation sites (N-methyl/N-ethyl adjacent to an activating group) is 1. The molecule has 1 fully saturated rings. The summed E-state index contributed by atoms with van der Waals surface area (Å²) in [4.78, 5) is 14.3. The molecule has 0 spiro atoms. The summed E-state index contributed by atoms with van der Waals surface area (Å²) in [5.41, 5.74) is 2.21. The Morgan fingerprint density at radius 1 is 1.08 bits per heavy atom. The topological polar surface area (TPSA) is 25.2 Å². The van der Waals surface area contributed by atoms with Crippen LogP contribution in [0.15, 0.2) is 48.8 Å². The largest absolute Gasteiger partial charge is 0.345 e. The molecular weight excluding hydrogens is 296 g/mol. The summed E-state index contributed by atoms with van der Waals surface area (Å²) in [6, 6.07) is 12.3. The van der Waals surface area contributed by atoms with Gasteiger partial charge in [-0.1, -0.05) is 44.2 Å². The summed E-state index contributed by atoms with van der Waals surface area (Å²) in [6.07, 6.45) is 12.5. The molecule has 0 radical (unpaired) electrons. The quantitative estimate of drug-likeness (QED) is 0.770. The van der Waals surface area contributed by atoms with E-state index in [-0.39, 0.29) is 5.91 Å². The van der Waals surface area contributed by atoms with Crippen molar-refractivity contribution in [2.24, 2.45) is 5.92 Å². The molecule has 1 amide bonds.